The number of benzene rings is 7. The number of fused-ring (bicyclic) bond motifs is 5. The van der Waals surface area contributed by atoms with Gasteiger partial charge in [0.2, 0.25) is 0 Å². The zero-order valence-corrected chi connectivity index (χ0v) is 32.1. The van der Waals surface area contributed by atoms with Gasteiger partial charge in [-0.05, 0) is 125 Å². The van der Waals surface area contributed by atoms with Gasteiger partial charge in [-0.25, -0.2) is 0 Å². The van der Waals surface area contributed by atoms with Crippen LogP contribution < -0.4 is 4.90 Å². The molecule has 0 spiro atoms. The Morgan fingerprint density at radius 2 is 0.966 bits per heavy atom. The highest BCUT2D eigenvalue weighted by atomic mass is 15.1. The van der Waals surface area contributed by atoms with Gasteiger partial charge in [0, 0.05) is 74.9 Å². The lowest BCUT2D eigenvalue weighted by molar-refractivity contribution is 1.12. The van der Waals surface area contributed by atoms with Crippen LogP contribution >= 0.6 is 0 Å². The van der Waals surface area contributed by atoms with Gasteiger partial charge in [-0.15, -0.1) is 0 Å². The van der Waals surface area contributed by atoms with Crippen molar-refractivity contribution in [1.82, 2.24) is 19.1 Å². The predicted molar refractivity (Wildman–Crippen MR) is 244 cm³/mol. The lowest BCUT2D eigenvalue weighted by atomic mass is 10.0. The Kier molecular flexibility index (Phi) is 8.41. The number of pyridine rings is 2. The van der Waals surface area contributed by atoms with Crippen molar-refractivity contribution in [2.24, 2.45) is 0 Å². The molecule has 0 atom stereocenters. The summed E-state index contributed by atoms with van der Waals surface area (Å²) in [5.74, 6) is 0. The molecule has 0 N–H and O–H groups in total. The van der Waals surface area contributed by atoms with E-state index < -0.39 is 0 Å². The smallest absolute Gasteiger partial charge is 0.0788 e. The maximum atomic E-state index is 4.58. The summed E-state index contributed by atoms with van der Waals surface area (Å²) in [4.78, 5) is 11.1. The van der Waals surface area contributed by atoms with Gasteiger partial charge >= 0.3 is 0 Å². The summed E-state index contributed by atoms with van der Waals surface area (Å²) in [5, 5.41) is 3.65. The maximum Gasteiger partial charge on any atom is 0.0788 e. The van der Waals surface area contributed by atoms with E-state index in [1.807, 2.05) is 48.9 Å². The Morgan fingerprint density at radius 1 is 0.390 bits per heavy atom. The minimum absolute atomic E-state index is 0.954. The summed E-state index contributed by atoms with van der Waals surface area (Å²) in [6, 6.07) is 71.4. The van der Waals surface area contributed by atoms with Crippen molar-refractivity contribution in [3.63, 3.8) is 0 Å². The molecule has 0 aliphatic rings. The number of hydrogen-bond donors (Lipinski definition) is 0. The number of nitrogens with zero attached hydrogens (tertiary/aromatic N) is 5. The molecule has 0 bridgehead atoms. The zero-order valence-electron chi connectivity index (χ0n) is 32.1. The fourth-order valence-corrected chi connectivity index (χ4v) is 8.46. The predicted octanol–water partition coefficient (Wildman–Crippen LogP) is 14.0. The molecule has 11 aromatic rings. The van der Waals surface area contributed by atoms with E-state index >= 15 is 0 Å². The Morgan fingerprint density at radius 3 is 1.61 bits per heavy atom. The van der Waals surface area contributed by atoms with E-state index in [9.17, 15) is 0 Å². The fraction of sp³-hybridized carbons (Fsp3) is 0. The monoisotopic (exact) mass is 755 g/mol. The quantitative estimate of drug-likeness (QED) is 0.155. The Balaban J connectivity index is 1.02. The molecule has 0 saturated heterocycles. The van der Waals surface area contributed by atoms with E-state index in [1.165, 1.54) is 38.3 Å². The second-order valence-corrected chi connectivity index (χ2v) is 14.8. The third-order valence-electron chi connectivity index (χ3n) is 11.3. The molecule has 0 saturated carbocycles. The van der Waals surface area contributed by atoms with Crippen LogP contribution in [-0.4, -0.2) is 19.1 Å². The zero-order chi connectivity index (χ0) is 39.1. The van der Waals surface area contributed by atoms with Crippen LogP contribution in [0.2, 0.25) is 0 Å². The normalized spacial score (nSPS) is 11.4. The van der Waals surface area contributed by atoms with Gasteiger partial charge in [0.15, 0.2) is 0 Å². The fourth-order valence-electron chi connectivity index (χ4n) is 8.46. The van der Waals surface area contributed by atoms with E-state index in [1.54, 1.807) is 0 Å². The van der Waals surface area contributed by atoms with Gasteiger partial charge < -0.3 is 14.0 Å². The van der Waals surface area contributed by atoms with Gasteiger partial charge in [-0.1, -0.05) is 97.1 Å². The molecule has 0 fully saturated rings. The highest BCUT2D eigenvalue weighted by molar-refractivity contribution is 6.18. The molecule has 4 heterocycles. The van der Waals surface area contributed by atoms with E-state index in [0.29, 0.717) is 0 Å². The van der Waals surface area contributed by atoms with E-state index in [4.69, 9.17) is 0 Å². The molecular formula is C54H37N5. The average molecular weight is 756 g/mol. The lowest BCUT2D eigenvalue weighted by Gasteiger charge is -2.26. The van der Waals surface area contributed by atoms with E-state index in [2.05, 4.69) is 200 Å². The summed E-state index contributed by atoms with van der Waals surface area (Å²) in [6.45, 7) is 0. The van der Waals surface area contributed by atoms with Crippen LogP contribution in [0.5, 0.6) is 0 Å². The highest BCUT2D eigenvalue weighted by Gasteiger charge is 2.19. The van der Waals surface area contributed by atoms with Crippen molar-refractivity contribution in [2.45, 2.75) is 0 Å². The summed E-state index contributed by atoms with van der Waals surface area (Å²) in [7, 11) is 0. The van der Waals surface area contributed by atoms with Gasteiger partial charge in [0.25, 0.3) is 0 Å². The van der Waals surface area contributed by atoms with Crippen LogP contribution in [0.3, 0.4) is 0 Å². The van der Waals surface area contributed by atoms with Crippen LogP contribution in [0.15, 0.2) is 225 Å². The molecule has 59 heavy (non-hydrogen) atoms. The van der Waals surface area contributed by atoms with Crippen molar-refractivity contribution < 1.29 is 0 Å². The SMILES string of the molecule is c1ccc(-n2ccc3ccc4c5cc(-c6ccc(N(c7ccc(-c8ccncc8)cc7)c7ccc(-c8ccccn8)cc7)cc6)ccc5n(-c5ccccc5)c4c32)cc1. The Hall–Kier alpha value is -8.02. The molecule has 278 valence electrons. The van der Waals surface area contributed by atoms with Crippen molar-refractivity contribution in [2.75, 3.05) is 4.90 Å². The molecule has 0 aliphatic heterocycles. The molecule has 0 unspecified atom stereocenters. The van der Waals surface area contributed by atoms with Crippen molar-refractivity contribution in [3.05, 3.63) is 225 Å². The summed E-state index contributed by atoms with van der Waals surface area (Å²) >= 11 is 0. The highest BCUT2D eigenvalue weighted by Crippen LogP contribution is 2.41. The maximum absolute atomic E-state index is 4.58. The number of rotatable bonds is 8. The van der Waals surface area contributed by atoms with Gasteiger partial charge in [0.05, 0.1) is 22.2 Å². The minimum Gasteiger partial charge on any atom is -0.315 e. The van der Waals surface area contributed by atoms with Crippen LogP contribution in [0.4, 0.5) is 17.1 Å². The Labute approximate surface area is 342 Å². The third kappa shape index (κ3) is 6.13. The van der Waals surface area contributed by atoms with Crippen molar-refractivity contribution in [3.8, 4) is 44.9 Å². The van der Waals surface area contributed by atoms with Crippen molar-refractivity contribution in [1.29, 1.82) is 0 Å². The van der Waals surface area contributed by atoms with E-state index in [0.717, 1.165) is 56.4 Å². The average Bonchev–Trinajstić information content (AvgIpc) is 3.90. The number of aromatic nitrogens is 4. The van der Waals surface area contributed by atoms with Gasteiger partial charge in [0.1, 0.15) is 0 Å². The molecule has 0 radical (unpaired) electrons. The van der Waals surface area contributed by atoms with E-state index in [-0.39, 0.29) is 0 Å². The summed E-state index contributed by atoms with van der Waals surface area (Å²) in [5.41, 5.74) is 15.7. The number of para-hydroxylation sites is 2. The molecule has 4 aromatic heterocycles. The molecule has 11 rings (SSSR count). The Bertz CT molecular complexity index is 3130. The van der Waals surface area contributed by atoms with Crippen LogP contribution in [0, 0.1) is 0 Å². The molecule has 5 nitrogen and oxygen atoms in total. The lowest BCUT2D eigenvalue weighted by Crippen LogP contribution is -2.09. The second kappa shape index (κ2) is 14.5. The van der Waals surface area contributed by atoms with Crippen LogP contribution in [0.25, 0.3) is 77.6 Å². The number of anilines is 3. The van der Waals surface area contributed by atoms with Gasteiger partial charge in [-0.3, -0.25) is 9.97 Å². The second-order valence-electron chi connectivity index (χ2n) is 14.8. The molecular weight excluding hydrogens is 719 g/mol. The first kappa shape index (κ1) is 34.2. The molecule has 7 aromatic carbocycles. The summed E-state index contributed by atoms with van der Waals surface area (Å²) < 4.78 is 4.75. The first-order valence-electron chi connectivity index (χ1n) is 19.9. The standard InChI is InChI=1S/C54H37N5/c1-3-9-44(10-4-1)57-36-32-42-20-28-49-50-37-43(21-29-52(50)59(54(49)53(42)57)45-11-5-2-6-12-45)39-16-24-47(25-17-39)58(46-22-14-38(15-23-46)40-30-34-55-35-31-40)48-26-18-41(19-27-48)51-13-7-8-33-56-51/h1-37H. The first-order valence-corrected chi connectivity index (χ1v) is 19.9. The molecule has 5 heteroatoms. The van der Waals surface area contributed by atoms with Crippen LogP contribution in [0.1, 0.15) is 0 Å². The topological polar surface area (TPSA) is 38.9 Å². The van der Waals surface area contributed by atoms with Crippen LogP contribution in [-0.2, 0) is 0 Å². The van der Waals surface area contributed by atoms with Crippen molar-refractivity contribution >= 4 is 49.8 Å². The largest absolute Gasteiger partial charge is 0.315 e. The summed E-state index contributed by atoms with van der Waals surface area (Å²) in [6.07, 6.45) is 7.69. The molecule has 0 amide bonds. The van der Waals surface area contributed by atoms with Gasteiger partial charge in [-0.2, -0.15) is 0 Å². The first-order chi connectivity index (χ1) is 29.3. The molecule has 0 aliphatic carbocycles. The third-order valence-corrected chi connectivity index (χ3v) is 11.3. The number of hydrogen-bond acceptors (Lipinski definition) is 3. The minimum atomic E-state index is 0.954.